The van der Waals surface area contributed by atoms with Crippen molar-refractivity contribution in [3.63, 3.8) is 0 Å². The van der Waals surface area contributed by atoms with Gasteiger partial charge in [-0.15, -0.1) is 0 Å². The third-order valence-electron chi connectivity index (χ3n) is 3.14. The molecule has 0 unspecified atom stereocenters. The van der Waals surface area contributed by atoms with Gasteiger partial charge in [-0.2, -0.15) is 0 Å². The van der Waals surface area contributed by atoms with Gasteiger partial charge in [-0.05, 0) is 39.5 Å². The third kappa shape index (κ3) is 15.5. The zero-order chi connectivity index (χ0) is 12.6. The van der Waals surface area contributed by atoms with Crippen LogP contribution in [0.25, 0.3) is 0 Å². The van der Waals surface area contributed by atoms with E-state index in [0.717, 1.165) is 0 Å². The molecule has 0 aliphatic carbocycles. The Labute approximate surface area is 109 Å². The van der Waals surface area contributed by atoms with E-state index < -0.39 is 0 Å². The molecule has 17 heavy (non-hydrogen) atoms. The number of hydrogen-bond donors (Lipinski definition) is 0. The Hall–Kier alpha value is -0.520. The smallest absolute Gasteiger partial charge is 0.0316 e. The minimum Gasteiger partial charge on any atom is -0.0917 e. The van der Waals surface area contributed by atoms with Crippen LogP contribution in [0.15, 0.2) is 24.3 Å². The van der Waals surface area contributed by atoms with Crippen molar-refractivity contribution in [1.29, 1.82) is 0 Å². The van der Waals surface area contributed by atoms with Crippen LogP contribution in [0.2, 0.25) is 0 Å². The van der Waals surface area contributed by atoms with Gasteiger partial charge in [0.05, 0.1) is 0 Å². The molecule has 0 N–H and O–H groups in total. The largest absolute Gasteiger partial charge is 0.0917 e. The summed E-state index contributed by atoms with van der Waals surface area (Å²) in [6.45, 7) is 5.80. The number of allylic oxidation sites excluding steroid dienone is 4. The topological polar surface area (TPSA) is 0 Å². The molecule has 0 bridgehead atoms. The average molecular weight is 235 g/mol. The lowest BCUT2D eigenvalue weighted by atomic mass is 10.1. The van der Waals surface area contributed by atoms with E-state index >= 15 is 0 Å². The average Bonchev–Trinajstić information content (AvgIpc) is 2.35. The van der Waals surface area contributed by atoms with E-state index in [0.29, 0.717) is 0 Å². The van der Waals surface area contributed by atoms with E-state index in [2.05, 4.69) is 32.1 Å². The Morgan fingerprint density at radius 2 is 1.06 bits per heavy atom. The maximum Gasteiger partial charge on any atom is -0.0316 e. The fourth-order valence-electron chi connectivity index (χ4n) is 2.05. The maximum atomic E-state index is 3.70. The van der Waals surface area contributed by atoms with Crippen molar-refractivity contribution in [2.24, 2.45) is 0 Å². The van der Waals surface area contributed by atoms with Crippen molar-refractivity contribution in [2.45, 2.75) is 77.6 Å². The van der Waals surface area contributed by atoms with Crippen LogP contribution >= 0.6 is 0 Å². The predicted octanol–water partition coefficient (Wildman–Crippen LogP) is 6.24. The first-order valence-corrected chi connectivity index (χ1v) is 7.47. The lowest BCUT2D eigenvalue weighted by Crippen LogP contribution is -1.81. The second-order valence-corrected chi connectivity index (χ2v) is 4.80. The molecule has 0 rings (SSSR count). The van der Waals surface area contributed by atoms with Crippen molar-refractivity contribution in [1.82, 2.24) is 0 Å². The molecular weight excluding hydrogens is 204 g/mol. The SMILES string of the molecule is [CH2]C=CCCCCCCCCCCCC=CC. The summed E-state index contributed by atoms with van der Waals surface area (Å²) >= 11 is 0. The summed E-state index contributed by atoms with van der Waals surface area (Å²) in [5.41, 5.74) is 0. The molecule has 0 saturated heterocycles. The zero-order valence-electron chi connectivity index (χ0n) is 11.8. The highest BCUT2D eigenvalue weighted by molar-refractivity contribution is 4.83. The number of hydrogen-bond acceptors (Lipinski definition) is 0. The highest BCUT2D eigenvalue weighted by Gasteiger charge is 1.91. The van der Waals surface area contributed by atoms with Crippen molar-refractivity contribution in [2.75, 3.05) is 0 Å². The van der Waals surface area contributed by atoms with Crippen LogP contribution in [0.4, 0.5) is 0 Å². The standard InChI is InChI=1S/C17H31/c1-3-5-7-9-11-13-15-17-16-14-12-10-8-6-4-2/h3-6H,1,7-17H2,2H3. The summed E-state index contributed by atoms with van der Waals surface area (Å²) in [6, 6.07) is 0. The zero-order valence-corrected chi connectivity index (χ0v) is 11.8. The van der Waals surface area contributed by atoms with Crippen molar-refractivity contribution < 1.29 is 0 Å². The lowest BCUT2D eigenvalue weighted by molar-refractivity contribution is 0.561. The molecule has 0 fully saturated rings. The second-order valence-electron chi connectivity index (χ2n) is 4.80. The summed E-state index contributed by atoms with van der Waals surface area (Å²) in [4.78, 5) is 0. The molecule has 0 heteroatoms. The van der Waals surface area contributed by atoms with Gasteiger partial charge in [-0.1, -0.05) is 69.2 Å². The van der Waals surface area contributed by atoms with Crippen molar-refractivity contribution in [3.8, 4) is 0 Å². The molecule has 0 aromatic carbocycles. The second kappa shape index (κ2) is 15.5. The first-order chi connectivity index (χ1) is 8.41. The van der Waals surface area contributed by atoms with Gasteiger partial charge < -0.3 is 0 Å². The Morgan fingerprint density at radius 1 is 0.647 bits per heavy atom. The molecule has 0 amide bonds. The minimum atomic E-state index is 1.22. The fourth-order valence-corrected chi connectivity index (χ4v) is 2.05. The lowest BCUT2D eigenvalue weighted by Gasteiger charge is -2.01. The quantitative estimate of drug-likeness (QED) is 0.277. The van der Waals surface area contributed by atoms with Gasteiger partial charge in [0.1, 0.15) is 0 Å². The summed E-state index contributed by atoms with van der Waals surface area (Å²) in [6.07, 6.45) is 23.7. The fraction of sp³-hybridized carbons (Fsp3) is 0.706. The van der Waals surface area contributed by atoms with E-state index in [1.54, 1.807) is 0 Å². The van der Waals surface area contributed by atoms with Crippen LogP contribution in [-0.4, -0.2) is 0 Å². The molecule has 0 aromatic rings. The molecule has 0 aromatic heterocycles. The van der Waals surface area contributed by atoms with Gasteiger partial charge in [0, 0.05) is 0 Å². The molecule has 0 heterocycles. The van der Waals surface area contributed by atoms with Gasteiger partial charge in [0.25, 0.3) is 0 Å². The first kappa shape index (κ1) is 16.5. The molecule has 0 nitrogen and oxygen atoms in total. The van der Waals surface area contributed by atoms with Crippen LogP contribution in [0.1, 0.15) is 77.6 Å². The molecule has 1 radical (unpaired) electrons. The van der Waals surface area contributed by atoms with E-state index in [1.807, 2.05) is 6.08 Å². The van der Waals surface area contributed by atoms with E-state index in [1.165, 1.54) is 70.6 Å². The van der Waals surface area contributed by atoms with Gasteiger partial charge in [-0.3, -0.25) is 0 Å². The Kier molecular flexibility index (Phi) is 15.0. The minimum absolute atomic E-state index is 1.22. The predicted molar refractivity (Wildman–Crippen MR) is 80.1 cm³/mol. The van der Waals surface area contributed by atoms with E-state index in [4.69, 9.17) is 0 Å². The first-order valence-electron chi connectivity index (χ1n) is 7.47. The molecular formula is C17H31. The third-order valence-corrected chi connectivity index (χ3v) is 3.14. The number of rotatable bonds is 12. The molecule has 0 aliphatic heterocycles. The van der Waals surface area contributed by atoms with Gasteiger partial charge in [0.2, 0.25) is 0 Å². The highest BCUT2D eigenvalue weighted by atomic mass is 14.0. The summed E-state index contributed by atoms with van der Waals surface area (Å²) in [5.74, 6) is 0. The highest BCUT2D eigenvalue weighted by Crippen LogP contribution is 2.11. The van der Waals surface area contributed by atoms with Crippen LogP contribution in [0.5, 0.6) is 0 Å². The Balaban J connectivity index is 2.94. The molecule has 0 atom stereocenters. The Bertz CT molecular complexity index is 156. The van der Waals surface area contributed by atoms with E-state index in [-0.39, 0.29) is 0 Å². The van der Waals surface area contributed by atoms with E-state index in [9.17, 15) is 0 Å². The molecule has 0 aliphatic rings. The van der Waals surface area contributed by atoms with Crippen LogP contribution < -0.4 is 0 Å². The van der Waals surface area contributed by atoms with Gasteiger partial charge >= 0.3 is 0 Å². The van der Waals surface area contributed by atoms with Crippen LogP contribution in [-0.2, 0) is 0 Å². The normalized spacial score (nSPS) is 11.9. The molecule has 99 valence electrons. The number of unbranched alkanes of at least 4 members (excludes halogenated alkanes) is 10. The van der Waals surface area contributed by atoms with Crippen molar-refractivity contribution in [3.05, 3.63) is 31.2 Å². The maximum absolute atomic E-state index is 3.70. The summed E-state index contributed by atoms with van der Waals surface area (Å²) in [5, 5.41) is 0. The van der Waals surface area contributed by atoms with Crippen LogP contribution in [0.3, 0.4) is 0 Å². The van der Waals surface area contributed by atoms with Gasteiger partial charge in [0.15, 0.2) is 0 Å². The summed E-state index contributed by atoms with van der Waals surface area (Å²) < 4.78 is 0. The molecule has 0 saturated carbocycles. The summed E-state index contributed by atoms with van der Waals surface area (Å²) in [7, 11) is 0. The monoisotopic (exact) mass is 235 g/mol. The van der Waals surface area contributed by atoms with Crippen molar-refractivity contribution >= 4 is 0 Å². The Morgan fingerprint density at radius 3 is 1.47 bits per heavy atom. The van der Waals surface area contributed by atoms with Gasteiger partial charge in [-0.25, -0.2) is 0 Å². The van der Waals surface area contributed by atoms with Crippen LogP contribution in [0, 0.1) is 6.92 Å². The molecule has 0 spiro atoms.